The molecule has 0 aliphatic carbocycles. The predicted octanol–water partition coefficient (Wildman–Crippen LogP) is 5.97. The fraction of sp³-hybridized carbons (Fsp3) is 0.308. The number of unbranched alkanes of at least 4 members (excludes halogenated alkanes) is 4. The van der Waals surface area contributed by atoms with Gasteiger partial charge in [0.05, 0.1) is 23.9 Å². The van der Waals surface area contributed by atoms with Gasteiger partial charge < -0.3 is 4.57 Å². The van der Waals surface area contributed by atoms with Crippen molar-refractivity contribution in [2.24, 2.45) is 0 Å². The van der Waals surface area contributed by atoms with E-state index in [0.29, 0.717) is 40.3 Å². The van der Waals surface area contributed by atoms with E-state index < -0.39 is 0 Å². The Morgan fingerprint density at radius 3 is 2.36 bits per heavy atom. The van der Waals surface area contributed by atoms with E-state index in [1.54, 1.807) is 10.9 Å². The van der Waals surface area contributed by atoms with Crippen LogP contribution in [0.3, 0.4) is 0 Å². The maximum absolute atomic E-state index is 13.5. The molecule has 0 saturated heterocycles. The molecule has 5 rings (SSSR count). The van der Waals surface area contributed by atoms with Gasteiger partial charge in [0.15, 0.2) is 11.3 Å². The fourth-order valence-corrected chi connectivity index (χ4v) is 4.43. The Balaban J connectivity index is 1.65. The summed E-state index contributed by atoms with van der Waals surface area (Å²) in [6, 6.07) is 15.4. The van der Waals surface area contributed by atoms with Crippen LogP contribution in [0.1, 0.15) is 44.6 Å². The number of fused-ring (bicyclic) bond motifs is 4. The molecule has 0 N–H and O–H groups in total. The molecular weight excluding hydrogens is 434 g/mol. The van der Waals surface area contributed by atoms with Crippen LogP contribution in [0, 0.1) is 0 Å². The molecule has 5 aromatic rings. The number of nitrogens with zero attached hydrogens (tertiary/aromatic N) is 5. The van der Waals surface area contributed by atoms with Crippen molar-refractivity contribution < 1.29 is 0 Å². The van der Waals surface area contributed by atoms with Gasteiger partial charge in [0.25, 0.3) is 5.56 Å². The number of halogens is 1. The maximum atomic E-state index is 13.5. The van der Waals surface area contributed by atoms with Gasteiger partial charge in [0, 0.05) is 11.6 Å². The summed E-state index contributed by atoms with van der Waals surface area (Å²) in [5.41, 5.74) is 4.45. The van der Waals surface area contributed by atoms with Crippen LogP contribution < -0.4 is 5.56 Å². The Kier molecular flexibility index (Phi) is 6.09. The van der Waals surface area contributed by atoms with Crippen molar-refractivity contribution in [2.75, 3.05) is 0 Å². The van der Waals surface area contributed by atoms with Crippen LogP contribution in [0.4, 0.5) is 0 Å². The molecule has 0 saturated carbocycles. The van der Waals surface area contributed by atoms with Crippen LogP contribution >= 0.6 is 11.6 Å². The first-order valence-corrected chi connectivity index (χ1v) is 11.9. The minimum atomic E-state index is -0.0556. The van der Waals surface area contributed by atoms with Gasteiger partial charge in [-0.1, -0.05) is 68.5 Å². The van der Waals surface area contributed by atoms with E-state index in [4.69, 9.17) is 26.6 Å². The lowest BCUT2D eigenvalue weighted by Crippen LogP contribution is -2.21. The fourth-order valence-electron chi connectivity index (χ4n) is 4.31. The van der Waals surface area contributed by atoms with Crippen LogP contribution in [0.2, 0.25) is 5.02 Å². The summed E-state index contributed by atoms with van der Waals surface area (Å²) >= 11 is 6.07. The third-order valence-corrected chi connectivity index (χ3v) is 6.33. The summed E-state index contributed by atoms with van der Waals surface area (Å²) < 4.78 is 3.71. The second-order valence-electron chi connectivity index (χ2n) is 8.45. The minimum absolute atomic E-state index is 0.0556. The van der Waals surface area contributed by atoms with E-state index in [1.807, 2.05) is 53.1 Å². The smallest absolute Gasteiger partial charge is 0.265 e. The molecule has 0 atom stereocenters. The van der Waals surface area contributed by atoms with E-state index >= 15 is 0 Å². The molecule has 0 aliphatic heterocycles. The number of rotatable bonds is 8. The van der Waals surface area contributed by atoms with E-state index in [1.165, 1.54) is 19.3 Å². The normalized spacial score (nSPS) is 11.7. The highest BCUT2D eigenvalue weighted by Gasteiger charge is 2.20. The molecule has 0 spiro atoms. The van der Waals surface area contributed by atoms with Gasteiger partial charge in [-0.25, -0.2) is 15.0 Å². The summed E-state index contributed by atoms with van der Waals surface area (Å²) in [5.74, 6) is 0. The molecule has 168 valence electrons. The van der Waals surface area contributed by atoms with Crippen molar-refractivity contribution in [3.63, 3.8) is 0 Å². The van der Waals surface area contributed by atoms with Crippen LogP contribution in [0.25, 0.3) is 33.2 Å². The van der Waals surface area contributed by atoms with Crippen LogP contribution in [-0.4, -0.2) is 24.1 Å². The average Bonchev–Trinajstić information content (AvgIpc) is 3.13. The van der Waals surface area contributed by atoms with Gasteiger partial charge in [-0.3, -0.25) is 9.36 Å². The Bertz CT molecular complexity index is 1490. The van der Waals surface area contributed by atoms with Crippen molar-refractivity contribution in [2.45, 2.75) is 52.1 Å². The van der Waals surface area contributed by atoms with E-state index in [2.05, 4.69) is 6.92 Å². The van der Waals surface area contributed by atoms with Gasteiger partial charge in [0.1, 0.15) is 10.9 Å². The molecule has 0 unspecified atom stereocenters. The van der Waals surface area contributed by atoms with Gasteiger partial charge in [-0.05, 0) is 36.2 Å². The summed E-state index contributed by atoms with van der Waals surface area (Å²) in [5, 5.41) is 1.22. The lowest BCUT2D eigenvalue weighted by molar-refractivity contribution is 0.555. The monoisotopic (exact) mass is 459 g/mol. The second-order valence-corrected chi connectivity index (χ2v) is 8.89. The highest BCUT2D eigenvalue weighted by atomic mass is 35.5. The lowest BCUT2D eigenvalue weighted by atomic mass is 10.1. The Morgan fingerprint density at radius 1 is 0.879 bits per heavy atom. The zero-order valence-electron chi connectivity index (χ0n) is 18.7. The molecule has 6 nitrogen and oxygen atoms in total. The number of aryl methyl sites for hydroxylation is 1. The molecule has 0 fully saturated rings. The van der Waals surface area contributed by atoms with Crippen molar-refractivity contribution >= 4 is 44.8 Å². The molecular formula is C26H26ClN5O. The topological polar surface area (TPSA) is 65.6 Å². The molecule has 33 heavy (non-hydrogen) atoms. The summed E-state index contributed by atoms with van der Waals surface area (Å²) in [4.78, 5) is 28.0. The van der Waals surface area contributed by atoms with Gasteiger partial charge >= 0.3 is 0 Å². The molecule has 0 amide bonds. The van der Waals surface area contributed by atoms with Gasteiger partial charge in [0.2, 0.25) is 0 Å². The average molecular weight is 460 g/mol. The summed E-state index contributed by atoms with van der Waals surface area (Å²) in [6.07, 6.45) is 7.37. The second kappa shape index (κ2) is 9.32. The molecule has 0 bridgehead atoms. The van der Waals surface area contributed by atoms with Gasteiger partial charge in [-0.2, -0.15) is 0 Å². The SMILES string of the molecule is CCCCCCCn1cnc2c(c1=O)c1nc3ccccc3nc1n2Cc1ccc(Cl)cc1. The largest absolute Gasteiger partial charge is 0.304 e. The van der Waals surface area contributed by atoms with Crippen molar-refractivity contribution in [3.8, 4) is 0 Å². The molecule has 3 aromatic heterocycles. The first-order valence-electron chi connectivity index (χ1n) is 11.5. The van der Waals surface area contributed by atoms with E-state index in [9.17, 15) is 4.79 Å². The molecule has 0 radical (unpaired) electrons. The summed E-state index contributed by atoms with van der Waals surface area (Å²) in [6.45, 7) is 3.39. The Labute approximate surface area is 196 Å². The van der Waals surface area contributed by atoms with Crippen LogP contribution in [0.5, 0.6) is 0 Å². The third-order valence-electron chi connectivity index (χ3n) is 6.07. The van der Waals surface area contributed by atoms with Crippen LogP contribution in [0.15, 0.2) is 59.7 Å². The van der Waals surface area contributed by atoms with Crippen LogP contribution in [-0.2, 0) is 13.1 Å². The number of aromatic nitrogens is 5. The quantitative estimate of drug-likeness (QED) is 0.268. The number of para-hydroxylation sites is 2. The zero-order valence-corrected chi connectivity index (χ0v) is 19.4. The summed E-state index contributed by atoms with van der Waals surface area (Å²) in [7, 11) is 0. The first-order chi connectivity index (χ1) is 16.2. The minimum Gasteiger partial charge on any atom is -0.304 e. The predicted molar refractivity (Wildman–Crippen MR) is 134 cm³/mol. The highest BCUT2D eigenvalue weighted by molar-refractivity contribution is 6.30. The lowest BCUT2D eigenvalue weighted by Gasteiger charge is -2.08. The molecule has 3 heterocycles. The number of hydrogen-bond donors (Lipinski definition) is 0. The Morgan fingerprint density at radius 2 is 1.61 bits per heavy atom. The first kappa shape index (κ1) is 21.6. The van der Waals surface area contributed by atoms with Crippen molar-refractivity contribution in [1.29, 1.82) is 0 Å². The number of hydrogen-bond acceptors (Lipinski definition) is 4. The van der Waals surface area contributed by atoms with Crippen molar-refractivity contribution in [1.82, 2.24) is 24.1 Å². The maximum Gasteiger partial charge on any atom is 0.265 e. The van der Waals surface area contributed by atoms with Crippen molar-refractivity contribution in [3.05, 3.63) is 75.8 Å². The van der Waals surface area contributed by atoms with E-state index in [-0.39, 0.29) is 5.56 Å². The third kappa shape index (κ3) is 4.23. The van der Waals surface area contributed by atoms with Gasteiger partial charge in [-0.15, -0.1) is 0 Å². The molecule has 2 aromatic carbocycles. The molecule has 7 heteroatoms. The Hall–Kier alpha value is -3.25. The number of benzene rings is 2. The molecule has 0 aliphatic rings. The standard InChI is InChI=1S/C26H26ClN5O/c1-2-3-4-5-8-15-31-17-28-24-22(26(31)33)23-25(30-21-10-7-6-9-20(21)29-23)32(24)16-18-11-13-19(27)14-12-18/h6-7,9-14,17H,2-5,8,15-16H2,1H3. The van der Waals surface area contributed by atoms with E-state index in [0.717, 1.165) is 29.4 Å². The highest BCUT2D eigenvalue weighted by Crippen LogP contribution is 2.26. The zero-order chi connectivity index (χ0) is 22.8.